The fourth-order valence-electron chi connectivity index (χ4n) is 3.24. The highest BCUT2D eigenvalue weighted by Gasteiger charge is 2.21. The number of sulfonamides is 1. The Hall–Kier alpha value is -4.16. The van der Waals surface area contributed by atoms with Crippen molar-refractivity contribution in [2.75, 3.05) is 23.1 Å². The van der Waals surface area contributed by atoms with Gasteiger partial charge >= 0.3 is 0 Å². The Morgan fingerprint density at radius 2 is 1.72 bits per heavy atom. The highest BCUT2D eigenvalue weighted by molar-refractivity contribution is 7.91. The largest absolute Gasteiger partial charge is 0.435 e. The molecule has 0 saturated carbocycles. The average molecular weight is 513 g/mol. The van der Waals surface area contributed by atoms with E-state index in [0.717, 1.165) is 12.1 Å². The Kier molecular flexibility index (Phi) is 7.66. The van der Waals surface area contributed by atoms with E-state index in [1.807, 2.05) is 0 Å². The molecule has 0 spiro atoms. The van der Waals surface area contributed by atoms with Gasteiger partial charge in [0.25, 0.3) is 0 Å². The number of rotatable bonds is 10. The van der Waals surface area contributed by atoms with E-state index < -0.39 is 38.8 Å². The first-order valence-electron chi connectivity index (χ1n) is 10.8. The number of nitrogens with one attached hydrogen (secondary N) is 2. The van der Waals surface area contributed by atoms with Crippen LogP contribution in [-0.4, -0.2) is 36.5 Å². The SMILES string of the molecule is NCCNc1nccc(-c2cccnc2Oc2ccc(NS(=O)(=O)Cc3ccccc3)c(F)c2F)n1. The van der Waals surface area contributed by atoms with E-state index in [1.165, 1.54) is 12.4 Å². The summed E-state index contributed by atoms with van der Waals surface area (Å²) in [5.74, 6) is -3.36. The molecule has 9 nitrogen and oxygen atoms in total. The number of hydrogen-bond donors (Lipinski definition) is 3. The van der Waals surface area contributed by atoms with Crippen LogP contribution in [0.15, 0.2) is 73.1 Å². The second-order valence-electron chi connectivity index (χ2n) is 7.53. The summed E-state index contributed by atoms with van der Waals surface area (Å²) in [5, 5.41) is 2.96. The number of benzene rings is 2. The lowest BCUT2D eigenvalue weighted by Gasteiger charge is -2.13. The van der Waals surface area contributed by atoms with Crippen molar-refractivity contribution >= 4 is 21.7 Å². The van der Waals surface area contributed by atoms with Crippen LogP contribution < -0.4 is 20.5 Å². The van der Waals surface area contributed by atoms with E-state index in [1.54, 1.807) is 48.5 Å². The fourth-order valence-corrected chi connectivity index (χ4v) is 4.43. The molecule has 0 radical (unpaired) electrons. The van der Waals surface area contributed by atoms with Gasteiger partial charge in [-0.1, -0.05) is 30.3 Å². The molecule has 0 aliphatic carbocycles. The minimum Gasteiger partial charge on any atom is -0.435 e. The number of pyridine rings is 1. The lowest BCUT2D eigenvalue weighted by atomic mass is 10.2. The van der Waals surface area contributed by atoms with Gasteiger partial charge in [0.2, 0.25) is 27.7 Å². The lowest BCUT2D eigenvalue weighted by Crippen LogP contribution is -2.16. The predicted molar refractivity (Wildman–Crippen MR) is 132 cm³/mol. The van der Waals surface area contributed by atoms with Crippen LogP contribution in [0.4, 0.5) is 20.4 Å². The fraction of sp³-hybridized carbons (Fsp3) is 0.125. The third-order valence-corrected chi connectivity index (χ3v) is 6.09. The maximum atomic E-state index is 14.9. The number of hydrogen-bond acceptors (Lipinski definition) is 8. The molecule has 0 saturated heterocycles. The number of ether oxygens (including phenoxy) is 1. The molecule has 0 aliphatic rings. The van der Waals surface area contributed by atoms with Gasteiger partial charge in [-0.15, -0.1) is 0 Å². The second-order valence-corrected chi connectivity index (χ2v) is 9.25. The summed E-state index contributed by atoms with van der Waals surface area (Å²) in [7, 11) is -3.99. The van der Waals surface area contributed by atoms with Crippen molar-refractivity contribution in [3.8, 4) is 22.9 Å². The normalized spacial score (nSPS) is 11.2. The molecule has 2 aromatic carbocycles. The zero-order valence-corrected chi connectivity index (χ0v) is 19.7. The Labute approximate surface area is 206 Å². The van der Waals surface area contributed by atoms with Gasteiger partial charge in [0.05, 0.1) is 22.7 Å². The molecule has 4 aromatic rings. The average Bonchev–Trinajstić information content (AvgIpc) is 2.88. The molecule has 2 aromatic heterocycles. The summed E-state index contributed by atoms with van der Waals surface area (Å²) in [5.41, 5.74) is 6.29. The third-order valence-electron chi connectivity index (χ3n) is 4.85. The predicted octanol–water partition coefficient (Wildman–Crippen LogP) is 3.92. The Morgan fingerprint density at radius 3 is 2.50 bits per heavy atom. The van der Waals surface area contributed by atoms with Gasteiger partial charge in [-0.25, -0.2) is 27.8 Å². The smallest absolute Gasteiger partial charge is 0.237 e. The van der Waals surface area contributed by atoms with Gasteiger partial charge in [-0.2, -0.15) is 4.39 Å². The third kappa shape index (κ3) is 6.09. The lowest BCUT2D eigenvalue weighted by molar-refractivity contribution is 0.407. The first-order chi connectivity index (χ1) is 17.4. The summed E-state index contributed by atoms with van der Waals surface area (Å²) in [6.45, 7) is 0.851. The highest BCUT2D eigenvalue weighted by Crippen LogP contribution is 2.34. The first kappa shape index (κ1) is 24.9. The van der Waals surface area contributed by atoms with Crippen LogP contribution in [-0.2, 0) is 15.8 Å². The van der Waals surface area contributed by atoms with Gasteiger partial charge in [0.1, 0.15) is 0 Å². The second kappa shape index (κ2) is 11.1. The van der Waals surface area contributed by atoms with E-state index in [9.17, 15) is 17.2 Å². The maximum Gasteiger partial charge on any atom is 0.237 e. The summed E-state index contributed by atoms with van der Waals surface area (Å²) >= 11 is 0. The van der Waals surface area contributed by atoms with Crippen LogP contribution in [0.1, 0.15) is 5.56 Å². The Bertz CT molecular complexity index is 1460. The number of aromatic nitrogens is 3. The zero-order chi connectivity index (χ0) is 25.5. The van der Waals surface area contributed by atoms with Crippen molar-refractivity contribution in [2.24, 2.45) is 5.73 Å². The van der Waals surface area contributed by atoms with Gasteiger partial charge in [0.15, 0.2) is 11.6 Å². The number of nitrogens with zero attached hydrogens (tertiary/aromatic N) is 3. The highest BCUT2D eigenvalue weighted by atomic mass is 32.2. The summed E-state index contributed by atoms with van der Waals surface area (Å²) in [6, 6.07) is 15.4. The van der Waals surface area contributed by atoms with Crippen LogP contribution in [0.2, 0.25) is 0 Å². The Balaban J connectivity index is 1.57. The van der Waals surface area contributed by atoms with E-state index in [2.05, 4.69) is 25.0 Å². The number of halogens is 2. The molecular formula is C24H22F2N6O3S. The van der Waals surface area contributed by atoms with Crippen molar-refractivity contribution in [3.05, 3.63) is 90.3 Å². The molecule has 4 N–H and O–H groups in total. The monoisotopic (exact) mass is 512 g/mol. The number of nitrogens with two attached hydrogens (primary N) is 1. The van der Waals surface area contributed by atoms with Gasteiger partial charge < -0.3 is 15.8 Å². The molecule has 0 fully saturated rings. The molecule has 0 aliphatic heterocycles. The van der Waals surface area contributed by atoms with Gasteiger partial charge in [-0.3, -0.25) is 4.72 Å². The maximum absolute atomic E-state index is 14.9. The standard InChI is InChI=1S/C24H22F2N6O3S/c25-21-19(32-36(33,34)15-16-5-2-1-3-6-16)8-9-20(22(21)26)35-23-17(7-4-12-28-23)18-10-13-29-24(31-18)30-14-11-27/h1-10,12-13,32H,11,14-15,27H2,(H,29,30,31). The zero-order valence-electron chi connectivity index (χ0n) is 18.9. The van der Waals surface area contributed by atoms with E-state index in [4.69, 9.17) is 10.5 Å². The Morgan fingerprint density at radius 1 is 0.917 bits per heavy atom. The van der Waals surface area contributed by atoms with Crippen LogP contribution in [0.3, 0.4) is 0 Å². The van der Waals surface area contributed by atoms with E-state index in [0.29, 0.717) is 35.9 Å². The summed E-state index contributed by atoms with van der Waals surface area (Å²) < 4.78 is 62.2. The summed E-state index contributed by atoms with van der Waals surface area (Å²) in [6.07, 6.45) is 2.95. The van der Waals surface area contributed by atoms with Crippen molar-refractivity contribution in [1.29, 1.82) is 0 Å². The van der Waals surface area contributed by atoms with Crippen LogP contribution in [0.5, 0.6) is 11.6 Å². The van der Waals surface area contributed by atoms with Gasteiger partial charge in [-0.05, 0) is 35.9 Å². The van der Waals surface area contributed by atoms with Crippen LogP contribution in [0.25, 0.3) is 11.3 Å². The molecule has 186 valence electrons. The van der Waals surface area contributed by atoms with Crippen molar-refractivity contribution in [1.82, 2.24) is 15.0 Å². The van der Waals surface area contributed by atoms with Crippen LogP contribution in [0, 0.1) is 11.6 Å². The van der Waals surface area contributed by atoms with Crippen molar-refractivity contribution in [2.45, 2.75) is 5.75 Å². The molecule has 0 unspecified atom stereocenters. The molecular weight excluding hydrogens is 490 g/mol. The van der Waals surface area contributed by atoms with Crippen LogP contribution >= 0.6 is 0 Å². The first-order valence-corrected chi connectivity index (χ1v) is 12.4. The molecule has 0 bridgehead atoms. The summed E-state index contributed by atoms with van der Waals surface area (Å²) in [4.78, 5) is 12.6. The van der Waals surface area contributed by atoms with Crippen molar-refractivity contribution < 1.29 is 21.9 Å². The van der Waals surface area contributed by atoms with E-state index >= 15 is 0 Å². The van der Waals surface area contributed by atoms with Crippen molar-refractivity contribution in [3.63, 3.8) is 0 Å². The molecule has 12 heteroatoms. The topological polar surface area (TPSA) is 132 Å². The van der Waals surface area contributed by atoms with E-state index in [-0.39, 0.29) is 5.88 Å². The molecule has 0 amide bonds. The quantitative estimate of drug-likeness (QED) is 0.291. The number of anilines is 2. The molecule has 36 heavy (non-hydrogen) atoms. The van der Waals surface area contributed by atoms with Gasteiger partial charge in [0, 0.05) is 25.5 Å². The molecule has 2 heterocycles. The minimum absolute atomic E-state index is 0.0308. The molecule has 0 atom stereocenters. The minimum atomic E-state index is -3.99. The molecule has 4 rings (SSSR count).